The quantitative estimate of drug-likeness (QED) is 0.553. The molecule has 2 aromatic rings. The summed E-state index contributed by atoms with van der Waals surface area (Å²) in [4.78, 5) is 4.49. The van der Waals surface area contributed by atoms with E-state index in [0.29, 0.717) is 17.3 Å². The molecule has 1 aromatic carbocycles. The molecule has 0 saturated heterocycles. The van der Waals surface area contributed by atoms with Crippen molar-refractivity contribution in [1.29, 1.82) is 0 Å². The first-order valence-electron chi connectivity index (χ1n) is 11.4. The van der Waals surface area contributed by atoms with Gasteiger partial charge in [-0.1, -0.05) is 34.1 Å². The predicted molar refractivity (Wildman–Crippen MR) is 126 cm³/mol. The average Bonchev–Trinajstić information content (AvgIpc) is 2.95. The monoisotopic (exact) mass is 396 g/mol. The fraction of sp³-hybridized carbons (Fsp3) is 0.692. The molecule has 0 bridgehead atoms. The van der Waals surface area contributed by atoms with E-state index in [1.165, 1.54) is 65.8 Å². The lowest BCUT2D eigenvalue weighted by atomic mass is 9.53. The second-order valence-corrected chi connectivity index (χ2v) is 11.2. The molecule has 3 heteroatoms. The maximum absolute atomic E-state index is 6.78. The van der Waals surface area contributed by atoms with Crippen molar-refractivity contribution in [3.05, 3.63) is 23.0 Å². The Morgan fingerprint density at radius 2 is 1.69 bits per heavy atom. The van der Waals surface area contributed by atoms with Crippen LogP contribution in [0.5, 0.6) is 0 Å². The Hall–Kier alpha value is -1.64. The molecule has 1 heterocycles. The first-order chi connectivity index (χ1) is 13.5. The van der Waals surface area contributed by atoms with Gasteiger partial charge < -0.3 is 14.2 Å². The topological polar surface area (TPSA) is 19.6 Å². The Kier molecular flexibility index (Phi) is 4.75. The van der Waals surface area contributed by atoms with Crippen LogP contribution in [0.25, 0.3) is 11.0 Å². The van der Waals surface area contributed by atoms with Crippen molar-refractivity contribution in [2.24, 2.45) is 11.3 Å². The normalized spacial score (nSPS) is 28.6. The van der Waals surface area contributed by atoms with E-state index in [0.717, 1.165) is 5.58 Å². The second kappa shape index (κ2) is 6.68. The van der Waals surface area contributed by atoms with Crippen LogP contribution < -0.4 is 9.80 Å². The van der Waals surface area contributed by atoms with Crippen molar-refractivity contribution < 1.29 is 4.42 Å². The summed E-state index contributed by atoms with van der Waals surface area (Å²) >= 11 is 0. The maximum Gasteiger partial charge on any atom is 0.139 e. The molecule has 1 saturated carbocycles. The van der Waals surface area contributed by atoms with Crippen molar-refractivity contribution in [2.45, 2.75) is 78.1 Å². The van der Waals surface area contributed by atoms with Gasteiger partial charge in [-0.15, -0.1) is 0 Å². The van der Waals surface area contributed by atoms with Crippen LogP contribution in [0.1, 0.15) is 82.6 Å². The molecule has 3 atom stereocenters. The number of furan rings is 1. The van der Waals surface area contributed by atoms with Gasteiger partial charge >= 0.3 is 0 Å². The fourth-order valence-corrected chi connectivity index (χ4v) is 6.90. The van der Waals surface area contributed by atoms with Crippen molar-refractivity contribution in [3.63, 3.8) is 0 Å². The maximum atomic E-state index is 6.78. The SMILES string of the molecule is Cc1c(N(C)C)c(N(C)C)cc2c3c(oc12)C(C)CC[C@@H]1C(C)(C)CCC[C@@]31C. The van der Waals surface area contributed by atoms with E-state index in [2.05, 4.69) is 78.7 Å². The molecule has 0 spiro atoms. The number of aryl methyl sites for hydroxylation is 1. The van der Waals surface area contributed by atoms with Crippen LogP contribution in [-0.2, 0) is 5.41 Å². The molecule has 3 nitrogen and oxygen atoms in total. The van der Waals surface area contributed by atoms with E-state index < -0.39 is 0 Å². The Bertz CT molecular complexity index is 936. The van der Waals surface area contributed by atoms with Gasteiger partial charge in [0.15, 0.2) is 0 Å². The number of hydrogen-bond acceptors (Lipinski definition) is 3. The molecule has 160 valence electrons. The van der Waals surface area contributed by atoms with Crippen LogP contribution in [0.3, 0.4) is 0 Å². The van der Waals surface area contributed by atoms with E-state index in [4.69, 9.17) is 4.42 Å². The number of anilines is 2. The summed E-state index contributed by atoms with van der Waals surface area (Å²) in [6.07, 6.45) is 6.48. The summed E-state index contributed by atoms with van der Waals surface area (Å²) in [6.45, 7) is 12.2. The third-order valence-electron chi connectivity index (χ3n) is 8.26. The van der Waals surface area contributed by atoms with Crippen molar-refractivity contribution in [3.8, 4) is 0 Å². The van der Waals surface area contributed by atoms with E-state index >= 15 is 0 Å². The molecule has 0 N–H and O–H groups in total. The summed E-state index contributed by atoms with van der Waals surface area (Å²) in [5.74, 6) is 2.47. The van der Waals surface area contributed by atoms with Crippen LogP contribution in [0.4, 0.5) is 11.4 Å². The van der Waals surface area contributed by atoms with Gasteiger partial charge in [0.05, 0.1) is 11.4 Å². The van der Waals surface area contributed by atoms with Crippen molar-refractivity contribution in [1.82, 2.24) is 0 Å². The van der Waals surface area contributed by atoms with Gasteiger partial charge in [-0.25, -0.2) is 0 Å². The average molecular weight is 397 g/mol. The summed E-state index contributed by atoms with van der Waals surface area (Å²) in [6, 6.07) is 2.42. The lowest BCUT2D eigenvalue weighted by Crippen LogP contribution is -2.44. The predicted octanol–water partition coefficient (Wildman–Crippen LogP) is 6.85. The zero-order valence-corrected chi connectivity index (χ0v) is 20.1. The van der Waals surface area contributed by atoms with Gasteiger partial charge in [-0.2, -0.15) is 0 Å². The highest BCUT2D eigenvalue weighted by Gasteiger charge is 2.51. The van der Waals surface area contributed by atoms with E-state index in [-0.39, 0.29) is 5.41 Å². The minimum atomic E-state index is 0.197. The Morgan fingerprint density at radius 3 is 2.31 bits per heavy atom. The molecule has 4 rings (SSSR count). The van der Waals surface area contributed by atoms with Gasteiger partial charge in [0, 0.05) is 50.6 Å². The molecule has 29 heavy (non-hydrogen) atoms. The van der Waals surface area contributed by atoms with Gasteiger partial charge in [-0.3, -0.25) is 0 Å². The molecule has 2 aliphatic rings. The third-order valence-corrected chi connectivity index (χ3v) is 8.26. The van der Waals surface area contributed by atoms with Gasteiger partial charge in [0.25, 0.3) is 0 Å². The van der Waals surface area contributed by atoms with Gasteiger partial charge in [-0.05, 0) is 55.4 Å². The number of hydrogen-bond donors (Lipinski definition) is 0. The third kappa shape index (κ3) is 2.91. The van der Waals surface area contributed by atoms with Crippen LogP contribution in [0.2, 0.25) is 0 Å². The zero-order chi connectivity index (χ0) is 21.3. The minimum Gasteiger partial charge on any atom is -0.460 e. The molecule has 0 radical (unpaired) electrons. The Morgan fingerprint density at radius 1 is 1.00 bits per heavy atom. The van der Waals surface area contributed by atoms with Crippen LogP contribution in [0, 0.1) is 18.3 Å². The number of rotatable bonds is 2. The smallest absolute Gasteiger partial charge is 0.139 e. The fourth-order valence-electron chi connectivity index (χ4n) is 6.90. The highest BCUT2D eigenvalue weighted by molar-refractivity contribution is 5.96. The Balaban J connectivity index is 2.08. The number of nitrogens with zero attached hydrogens (tertiary/aromatic N) is 2. The number of benzene rings is 1. The summed E-state index contributed by atoms with van der Waals surface area (Å²) in [7, 11) is 8.59. The summed E-state index contributed by atoms with van der Waals surface area (Å²) < 4.78 is 6.78. The highest BCUT2D eigenvalue weighted by Crippen LogP contribution is 2.60. The van der Waals surface area contributed by atoms with E-state index in [1.54, 1.807) is 0 Å². The molecular weight excluding hydrogens is 356 g/mol. The zero-order valence-electron chi connectivity index (χ0n) is 20.1. The first kappa shape index (κ1) is 20.6. The molecule has 0 amide bonds. The van der Waals surface area contributed by atoms with E-state index in [1.807, 2.05) is 0 Å². The Labute approximate surface area is 177 Å². The molecular formula is C26H40N2O. The summed E-state index contributed by atoms with van der Waals surface area (Å²) in [5, 5.41) is 1.37. The van der Waals surface area contributed by atoms with Crippen molar-refractivity contribution >= 4 is 22.3 Å². The molecule has 0 aliphatic heterocycles. The molecule has 1 fully saturated rings. The minimum absolute atomic E-state index is 0.197. The molecule has 1 unspecified atom stereocenters. The summed E-state index contributed by atoms with van der Waals surface area (Å²) in [5.41, 5.74) is 7.06. The second-order valence-electron chi connectivity index (χ2n) is 11.2. The highest BCUT2D eigenvalue weighted by atomic mass is 16.3. The van der Waals surface area contributed by atoms with E-state index in [9.17, 15) is 0 Å². The largest absolute Gasteiger partial charge is 0.460 e. The van der Waals surface area contributed by atoms with Crippen LogP contribution >= 0.6 is 0 Å². The number of fused-ring (bicyclic) bond motifs is 5. The standard InChI is InChI=1S/C26H40N2O/c1-16-11-12-20-25(3,4)13-10-14-26(20,5)21-18-15-19(27(6)7)22(28(8)9)17(2)24(18)29-23(16)21/h15-16,20H,10-14H2,1-9H3/t16?,20-,26-/m1/s1. The van der Waals surface area contributed by atoms with Gasteiger partial charge in [0.1, 0.15) is 11.3 Å². The first-order valence-corrected chi connectivity index (χ1v) is 11.4. The lowest BCUT2D eigenvalue weighted by molar-refractivity contribution is 0.0504. The van der Waals surface area contributed by atoms with Gasteiger partial charge in [0.2, 0.25) is 0 Å². The lowest BCUT2D eigenvalue weighted by Gasteiger charge is -2.50. The van der Waals surface area contributed by atoms with Crippen LogP contribution in [-0.4, -0.2) is 28.2 Å². The molecule has 1 aromatic heterocycles. The molecule has 2 aliphatic carbocycles. The van der Waals surface area contributed by atoms with Crippen LogP contribution in [0.15, 0.2) is 10.5 Å². The van der Waals surface area contributed by atoms with Crippen molar-refractivity contribution in [2.75, 3.05) is 38.0 Å².